The number of aliphatic hydroxyl groups is 1. The smallest absolute Gasteiger partial charge is 0.161 e. The lowest BCUT2D eigenvalue weighted by molar-refractivity contribution is -0.129. The van der Waals surface area contributed by atoms with Crippen molar-refractivity contribution in [3.8, 4) is 0 Å². The Bertz CT molecular complexity index is 108. The number of rotatable bonds is 4. The summed E-state index contributed by atoms with van der Waals surface area (Å²) in [6.45, 7) is 5.63. The zero-order chi connectivity index (χ0) is 8.15. The summed E-state index contributed by atoms with van der Waals surface area (Å²) in [6, 6.07) is 0. The van der Waals surface area contributed by atoms with Crippen molar-refractivity contribution in [1.29, 1.82) is 0 Å². The zero-order valence-corrected chi connectivity index (χ0v) is 6.92. The van der Waals surface area contributed by atoms with Gasteiger partial charge in [-0.25, -0.2) is 0 Å². The number of hydrogen-bond donors (Lipinski definition) is 1. The van der Waals surface area contributed by atoms with Crippen molar-refractivity contribution >= 4 is 5.78 Å². The molecule has 0 rings (SSSR count). The minimum Gasteiger partial charge on any atom is -0.385 e. The van der Waals surface area contributed by atoms with Crippen molar-refractivity contribution < 1.29 is 9.90 Å². The van der Waals surface area contributed by atoms with E-state index >= 15 is 0 Å². The number of carbonyl (C=O) groups excluding carboxylic acids is 1. The highest BCUT2D eigenvalue weighted by Gasteiger charge is 2.16. The monoisotopic (exact) mass is 144 g/mol. The van der Waals surface area contributed by atoms with E-state index in [2.05, 4.69) is 0 Å². The molecule has 0 aromatic carbocycles. The highest BCUT2D eigenvalue weighted by Crippen LogP contribution is 2.05. The van der Waals surface area contributed by atoms with Crippen molar-refractivity contribution in [3.05, 3.63) is 0 Å². The Balaban J connectivity index is 3.71. The van der Waals surface area contributed by atoms with Crippen LogP contribution in [0.4, 0.5) is 0 Å². The number of aliphatic hydroxyl groups excluding tert-OH is 1. The van der Waals surface area contributed by atoms with E-state index in [0.717, 1.165) is 6.42 Å². The summed E-state index contributed by atoms with van der Waals surface area (Å²) in [5.41, 5.74) is 0. The topological polar surface area (TPSA) is 37.3 Å². The molecule has 0 bridgehead atoms. The first-order valence-corrected chi connectivity index (χ1v) is 3.80. The van der Waals surface area contributed by atoms with E-state index < -0.39 is 6.10 Å². The van der Waals surface area contributed by atoms with Crippen LogP contribution >= 0.6 is 0 Å². The predicted molar refractivity (Wildman–Crippen MR) is 40.8 cm³/mol. The van der Waals surface area contributed by atoms with Crippen LogP contribution in [0.1, 0.15) is 33.6 Å². The summed E-state index contributed by atoms with van der Waals surface area (Å²) in [6.07, 6.45) is 0.571. The van der Waals surface area contributed by atoms with Gasteiger partial charge in [0.25, 0.3) is 0 Å². The lowest BCUT2D eigenvalue weighted by Crippen LogP contribution is -2.25. The zero-order valence-electron chi connectivity index (χ0n) is 6.92. The summed E-state index contributed by atoms with van der Waals surface area (Å²) in [4.78, 5) is 10.9. The molecule has 0 fully saturated rings. The number of Topliss-reactive ketones (excluding diaryl/α,β-unsaturated/α-hetero) is 1. The Hall–Kier alpha value is -0.370. The van der Waals surface area contributed by atoms with Gasteiger partial charge in [-0.05, 0) is 12.3 Å². The molecular weight excluding hydrogens is 128 g/mol. The van der Waals surface area contributed by atoms with Gasteiger partial charge in [0.15, 0.2) is 5.78 Å². The summed E-state index contributed by atoms with van der Waals surface area (Å²) in [5.74, 6) is 0.0246. The summed E-state index contributed by atoms with van der Waals surface area (Å²) >= 11 is 0. The molecule has 1 unspecified atom stereocenters. The average molecular weight is 144 g/mol. The minimum atomic E-state index is -0.750. The maximum atomic E-state index is 10.9. The summed E-state index contributed by atoms with van der Waals surface area (Å²) in [7, 11) is 0. The van der Waals surface area contributed by atoms with Crippen molar-refractivity contribution in [2.45, 2.75) is 39.7 Å². The van der Waals surface area contributed by atoms with Crippen LogP contribution in [0, 0.1) is 5.92 Å². The van der Waals surface area contributed by atoms with Crippen LogP contribution < -0.4 is 0 Å². The van der Waals surface area contributed by atoms with Gasteiger partial charge in [-0.2, -0.15) is 0 Å². The van der Waals surface area contributed by atoms with E-state index in [0.29, 0.717) is 6.42 Å². The average Bonchev–Trinajstić information content (AvgIpc) is 1.87. The Morgan fingerprint density at radius 3 is 2.30 bits per heavy atom. The first-order valence-electron chi connectivity index (χ1n) is 3.80. The Kier molecular flexibility index (Phi) is 4.28. The molecule has 0 amide bonds. The van der Waals surface area contributed by atoms with Crippen LogP contribution in [-0.2, 0) is 4.79 Å². The molecule has 2 nitrogen and oxygen atoms in total. The molecule has 0 radical (unpaired) electrons. The van der Waals surface area contributed by atoms with Crippen molar-refractivity contribution in [2.24, 2.45) is 5.92 Å². The van der Waals surface area contributed by atoms with E-state index in [4.69, 9.17) is 0 Å². The lowest BCUT2D eigenvalue weighted by Gasteiger charge is -2.11. The Morgan fingerprint density at radius 1 is 1.50 bits per heavy atom. The van der Waals surface area contributed by atoms with Gasteiger partial charge in [0.2, 0.25) is 0 Å². The van der Waals surface area contributed by atoms with Crippen molar-refractivity contribution in [3.63, 3.8) is 0 Å². The molecule has 1 atom stereocenters. The van der Waals surface area contributed by atoms with Crippen LogP contribution in [0.25, 0.3) is 0 Å². The maximum absolute atomic E-state index is 10.9. The molecule has 0 heterocycles. The molecule has 0 aromatic heterocycles. The third-order valence-corrected chi connectivity index (χ3v) is 1.46. The Morgan fingerprint density at radius 2 is 2.00 bits per heavy atom. The molecule has 0 aliphatic carbocycles. The van der Waals surface area contributed by atoms with Gasteiger partial charge in [-0.3, -0.25) is 4.79 Å². The van der Waals surface area contributed by atoms with Gasteiger partial charge in [0.05, 0.1) is 0 Å². The fourth-order valence-electron chi connectivity index (χ4n) is 0.766. The number of hydrogen-bond acceptors (Lipinski definition) is 2. The van der Waals surface area contributed by atoms with E-state index in [9.17, 15) is 9.90 Å². The second kappa shape index (κ2) is 4.45. The standard InChI is InChI=1S/C8H16O2/c1-4-5-7(9)8(10)6(2)3/h6,8,10H,4-5H2,1-3H3. The summed E-state index contributed by atoms with van der Waals surface area (Å²) < 4.78 is 0. The first-order chi connectivity index (χ1) is 4.59. The SMILES string of the molecule is CCCC(=O)C(O)C(C)C. The highest BCUT2D eigenvalue weighted by molar-refractivity contribution is 5.82. The molecule has 60 valence electrons. The minimum absolute atomic E-state index is 0.0301. The molecule has 0 aliphatic rings. The molecule has 0 aromatic rings. The fourth-order valence-corrected chi connectivity index (χ4v) is 0.766. The van der Waals surface area contributed by atoms with Crippen LogP contribution in [-0.4, -0.2) is 17.0 Å². The largest absolute Gasteiger partial charge is 0.385 e. The normalized spacial score (nSPS) is 13.7. The molecular formula is C8H16O2. The predicted octanol–water partition coefficient (Wildman–Crippen LogP) is 1.37. The van der Waals surface area contributed by atoms with Gasteiger partial charge in [0.1, 0.15) is 6.10 Å². The van der Waals surface area contributed by atoms with Gasteiger partial charge >= 0.3 is 0 Å². The first kappa shape index (κ1) is 9.63. The number of carbonyl (C=O) groups is 1. The lowest BCUT2D eigenvalue weighted by atomic mass is 10.0. The molecule has 0 saturated carbocycles. The molecule has 0 spiro atoms. The fraction of sp³-hybridized carbons (Fsp3) is 0.875. The van der Waals surface area contributed by atoms with Gasteiger partial charge in [0, 0.05) is 6.42 Å². The van der Waals surface area contributed by atoms with Crippen molar-refractivity contribution in [1.82, 2.24) is 0 Å². The number of ketones is 1. The van der Waals surface area contributed by atoms with Gasteiger partial charge < -0.3 is 5.11 Å². The van der Waals surface area contributed by atoms with E-state index in [1.807, 2.05) is 20.8 Å². The molecule has 0 aliphatic heterocycles. The Labute approximate surface area is 62.2 Å². The van der Waals surface area contributed by atoms with Crippen LogP contribution in [0.5, 0.6) is 0 Å². The third-order valence-electron chi connectivity index (χ3n) is 1.46. The van der Waals surface area contributed by atoms with Crippen LogP contribution in [0.2, 0.25) is 0 Å². The van der Waals surface area contributed by atoms with Gasteiger partial charge in [-0.15, -0.1) is 0 Å². The van der Waals surface area contributed by atoms with Crippen LogP contribution in [0.3, 0.4) is 0 Å². The van der Waals surface area contributed by atoms with E-state index in [1.165, 1.54) is 0 Å². The highest BCUT2D eigenvalue weighted by atomic mass is 16.3. The third kappa shape index (κ3) is 2.97. The molecule has 2 heteroatoms. The molecule has 0 saturated heterocycles. The quantitative estimate of drug-likeness (QED) is 0.647. The maximum Gasteiger partial charge on any atom is 0.161 e. The molecule has 1 N–H and O–H groups in total. The van der Waals surface area contributed by atoms with E-state index in [1.54, 1.807) is 0 Å². The van der Waals surface area contributed by atoms with Crippen LogP contribution in [0.15, 0.2) is 0 Å². The second-order valence-corrected chi connectivity index (χ2v) is 2.91. The van der Waals surface area contributed by atoms with Crippen molar-refractivity contribution in [2.75, 3.05) is 0 Å². The second-order valence-electron chi connectivity index (χ2n) is 2.91. The summed E-state index contributed by atoms with van der Waals surface area (Å²) in [5, 5.41) is 9.18. The van der Waals surface area contributed by atoms with Gasteiger partial charge in [-0.1, -0.05) is 20.8 Å². The van der Waals surface area contributed by atoms with E-state index in [-0.39, 0.29) is 11.7 Å². The molecule has 10 heavy (non-hydrogen) atoms.